The Balaban J connectivity index is 1.79. The monoisotopic (exact) mass is 239 g/mol. The molecule has 1 aliphatic heterocycles. The molecule has 0 spiro atoms. The maximum Gasteiger partial charge on any atom is 0.0560 e. The topological polar surface area (TPSA) is 29.9 Å². The van der Waals surface area contributed by atoms with Crippen LogP contribution in [-0.2, 0) is 6.54 Å². The van der Waals surface area contributed by atoms with Crippen LogP contribution in [0.4, 0.5) is 0 Å². The van der Waals surface area contributed by atoms with Gasteiger partial charge in [-0.2, -0.15) is 16.9 Å². The van der Waals surface area contributed by atoms with Crippen molar-refractivity contribution in [1.29, 1.82) is 0 Å². The number of aromatic nitrogens is 2. The van der Waals surface area contributed by atoms with Crippen LogP contribution < -0.4 is 5.32 Å². The zero-order valence-corrected chi connectivity index (χ0v) is 10.9. The van der Waals surface area contributed by atoms with Gasteiger partial charge < -0.3 is 5.32 Å². The quantitative estimate of drug-likeness (QED) is 0.873. The smallest absolute Gasteiger partial charge is 0.0560 e. The van der Waals surface area contributed by atoms with Gasteiger partial charge in [0.2, 0.25) is 0 Å². The lowest BCUT2D eigenvalue weighted by Gasteiger charge is -2.31. The predicted octanol–water partition coefficient (Wildman–Crippen LogP) is 2.15. The number of hydrogen-bond donors (Lipinski definition) is 1. The molecule has 0 saturated carbocycles. The molecule has 1 saturated heterocycles. The molecule has 0 bridgehead atoms. The molecule has 2 heterocycles. The van der Waals surface area contributed by atoms with Crippen LogP contribution in [0.1, 0.15) is 26.7 Å². The normalized spacial score (nSPS) is 27.9. The molecule has 0 amide bonds. The van der Waals surface area contributed by atoms with E-state index >= 15 is 0 Å². The zero-order chi connectivity index (χ0) is 11.4. The first-order chi connectivity index (χ1) is 7.75. The van der Waals surface area contributed by atoms with Crippen molar-refractivity contribution in [2.24, 2.45) is 0 Å². The van der Waals surface area contributed by atoms with Crippen LogP contribution in [0.25, 0.3) is 0 Å². The maximum atomic E-state index is 4.24. The maximum absolute atomic E-state index is 4.24. The zero-order valence-electron chi connectivity index (χ0n) is 10.1. The van der Waals surface area contributed by atoms with Crippen molar-refractivity contribution < 1.29 is 0 Å². The van der Waals surface area contributed by atoms with Gasteiger partial charge in [-0.15, -0.1) is 0 Å². The molecule has 1 aliphatic rings. The first-order valence-corrected chi connectivity index (χ1v) is 7.15. The van der Waals surface area contributed by atoms with Gasteiger partial charge in [0.15, 0.2) is 0 Å². The molecule has 4 heteroatoms. The van der Waals surface area contributed by atoms with Crippen LogP contribution in [0.15, 0.2) is 18.5 Å². The molecule has 3 nitrogen and oxygen atoms in total. The van der Waals surface area contributed by atoms with Crippen LogP contribution in [0.3, 0.4) is 0 Å². The SMILES string of the molecule is CC(Cn1cccn1)NC1CCCSC1C. The summed E-state index contributed by atoms with van der Waals surface area (Å²) in [6.45, 7) is 5.54. The highest BCUT2D eigenvalue weighted by Crippen LogP contribution is 2.25. The largest absolute Gasteiger partial charge is 0.309 e. The van der Waals surface area contributed by atoms with E-state index in [2.05, 4.69) is 36.0 Å². The molecule has 3 unspecified atom stereocenters. The summed E-state index contributed by atoms with van der Waals surface area (Å²) in [5.41, 5.74) is 0. The number of thioether (sulfide) groups is 1. The second-order valence-corrected chi connectivity index (χ2v) is 6.11. The van der Waals surface area contributed by atoms with E-state index in [1.807, 2.05) is 23.1 Å². The predicted molar refractivity (Wildman–Crippen MR) is 69.8 cm³/mol. The molecule has 0 aromatic carbocycles. The van der Waals surface area contributed by atoms with Crippen molar-refractivity contribution in [2.45, 2.75) is 50.6 Å². The van der Waals surface area contributed by atoms with Crippen molar-refractivity contribution in [3.8, 4) is 0 Å². The van der Waals surface area contributed by atoms with Gasteiger partial charge in [-0.1, -0.05) is 6.92 Å². The van der Waals surface area contributed by atoms with Gasteiger partial charge in [-0.05, 0) is 31.6 Å². The summed E-state index contributed by atoms with van der Waals surface area (Å²) in [6, 6.07) is 3.14. The fraction of sp³-hybridized carbons (Fsp3) is 0.750. The van der Waals surface area contributed by atoms with Crippen LogP contribution >= 0.6 is 11.8 Å². The average Bonchev–Trinajstić information content (AvgIpc) is 2.74. The summed E-state index contributed by atoms with van der Waals surface area (Å²) in [6.07, 6.45) is 6.53. The highest BCUT2D eigenvalue weighted by Gasteiger charge is 2.22. The van der Waals surface area contributed by atoms with E-state index in [4.69, 9.17) is 0 Å². The van der Waals surface area contributed by atoms with Crippen molar-refractivity contribution in [1.82, 2.24) is 15.1 Å². The Morgan fingerprint density at radius 1 is 1.62 bits per heavy atom. The molecule has 1 aromatic rings. The molecular formula is C12H21N3S. The van der Waals surface area contributed by atoms with Crippen molar-refractivity contribution in [3.63, 3.8) is 0 Å². The van der Waals surface area contributed by atoms with E-state index in [9.17, 15) is 0 Å². The van der Waals surface area contributed by atoms with Crippen molar-refractivity contribution >= 4 is 11.8 Å². The van der Waals surface area contributed by atoms with E-state index in [0.29, 0.717) is 12.1 Å². The number of rotatable bonds is 4. The van der Waals surface area contributed by atoms with E-state index < -0.39 is 0 Å². The lowest BCUT2D eigenvalue weighted by atomic mass is 10.1. The third kappa shape index (κ3) is 3.25. The van der Waals surface area contributed by atoms with Gasteiger partial charge in [0.05, 0.1) is 6.54 Å². The van der Waals surface area contributed by atoms with Gasteiger partial charge in [0, 0.05) is 29.7 Å². The van der Waals surface area contributed by atoms with E-state index in [1.165, 1.54) is 18.6 Å². The Kier molecular flexibility index (Phi) is 4.29. The van der Waals surface area contributed by atoms with Gasteiger partial charge in [0.25, 0.3) is 0 Å². The first kappa shape index (κ1) is 12.0. The van der Waals surface area contributed by atoms with Gasteiger partial charge in [-0.25, -0.2) is 0 Å². The number of nitrogens with one attached hydrogen (secondary N) is 1. The summed E-state index contributed by atoms with van der Waals surface area (Å²) in [5, 5.41) is 8.71. The minimum Gasteiger partial charge on any atom is -0.309 e. The summed E-state index contributed by atoms with van der Waals surface area (Å²) in [5.74, 6) is 1.33. The Morgan fingerprint density at radius 3 is 3.19 bits per heavy atom. The van der Waals surface area contributed by atoms with Crippen LogP contribution in [-0.4, -0.2) is 32.9 Å². The molecule has 2 rings (SSSR count). The summed E-state index contributed by atoms with van der Waals surface area (Å²) < 4.78 is 2.00. The molecule has 90 valence electrons. The van der Waals surface area contributed by atoms with E-state index in [-0.39, 0.29) is 0 Å². The minimum absolute atomic E-state index is 0.492. The summed E-state index contributed by atoms with van der Waals surface area (Å²) in [7, 11) is 0. The van der Waals surface area contributed by atoms with E-state index in [0.717, 1.165) is 11.8 Å². The molecule has 1 aromatic heterocycles. The van der Waals surface area contributed by atoms with Gasteiger partial charge >= 0.3 is 0 Å². The van der Waals surface area contributed by atoms with Crippen molar-refractivity contribution in [2.75, 3.05) is 5.75 Å². The summed E-state index contributed by atoms with van der Waals surface area (Å²) >= 11 is 2.09. The van der Waals surface area contributed by atoms with Gasteiger partial charge in [-0.3, -0.25) is 4.68 Å². The van der Waals surface area contributed by atoms with Crippen LogP contribution in [0.5, 0.6) is 0 Å². The Bertz CT molecular complexity index is 299. The third-order valence-corrected chi connectivity index (χ3v) is 4.50. The average molecular weight is 239 g/mol. The lowest BCUT2D eigenvalue weighted by molar-refractivity contribution is 0.371. The standard InChI is InChI=1S/C12H21N3S/c1-10(9-15-7-4-6-13-15)14-12-5-3-8-16-11(12)2/h4,6-7,10-12,14H,3,5,8-9H2,1-2H3. The third-order valence-electron chi connectivity index (χ3n) is 3.13. The van der Waals surface area contributed by atoms with Gasteiger partial charge in [0.1, 0.15) is 0 Å². The highest BCUT2D eigenvalue weighted by molar-refractivity contribution is 7.99. The Labute approximate surface area is 102 Å². The Hall–Kier alpha value is -0.480. The second-order valence-electron chi connectivity index (χ2n) is 4.62. The fourth-order valence-corrected chi connectivity index (χ4v) is 3.40. The fourth-order valence-electron chi connectivity index (χ4n) is 2.25. The number of hydrogen-bond acceptors (Lipinski definition) is 3. The van der Waals surface area contributed by atoms with Crippen molar-refractivity contribution in [3.05, 3.63) is 18.5 Å². The van der Waals surface area contributed by atoms with E-state index in [1.54, 1.807) is 0 Å². The van der Waals surface area contributed by atoms with Crippen LogP contribution in [0.2, 0.25) is 0 Å². The highest BCUT2D eigenvalue weighted by atomic mass is 32.2. The lowest BCUT2D eigenvalue weighted by Crippen LogP contribution is -2.45. The minimum atomic E-state index is 0.492. The second kappa shape index (κ2) is 5.73. The first-order valence-electron chi connectivity index (χ1n) is 6.11. The molecule has 1 fully saturated rings. The number of nitrogens with zero attached hydrogens (tertiary/aromatic N) is 2. The molecule has 0 aliphatic carbocycles. The molecule has 1 N–H and O–H groups in total. The molecule has 0 radical (unpaired) electrons. The molecule has 16 heavy (non-hydrogen) atoms. The molecular weight excluding hydrogens is 218 g/mol. The Morgan fingerprint density at radius 2 is 2.50 bits per heavy atom. The van der Waals surface area contributed by atoms with Crippen LogP contribution in [0, 0.1) is 0 Å². The summed E-state index contributed by atoms with van der Waals surface area (Å²) in [4.78, 5) is 0. The molecule has 3 atom stereocenters.